The molecule has 1 saturated heterocycles. The van der Waals surface area contributed by atoms with Crippen LogP contribution in [-0.2, 0) is 24.3 Å². The lowest BCUT2D eigenvalue weighted by Crippen LogP contribution is -2.41. The van der Waals surface area contributed by atoms with Crippen LogP contribution in [0, 0.1) is 5.92 Å². The van der Waals surface area contributed by atoms with Crippen LogP contribution < -0.4 is 5.73 Å². The van der Waals surface area contributed by atoms with Crippen molar-refractivity contribution in [3.05, 3.63) is 17.5 Å². The Morgan fingerprint density at radius 1 is 1.41 bits per heavy atom. The molecule has 1 aromatic rings. The highest BCUT2D eigenvalue weighted by Crippen LogP contribution is 2.26. The molecule has 122 valence electrons. The van der Waals surface area contributed by atoms with Gasteiger partial charge in [-0.2, -0.15) is 4.31 Å². The molecule has 0 radical (unpaired) electrons. The third-order valence-electron chi connectivity index (χ3n) is 3.57. The van der Waals surface area contributed by atoms with Crippen molar-refractivity contribution in [1.29, 1.82) is 0 Å². The van der Waals surface area contributed by atoms with Crippen molar-refractivity contribution in [1.82, 2.24) is 4.31 Å². The zero-order valence-electron chi connectivity index (χ0n) is 12.1. The lowest BCUT2D eigenvalue weighted by molar-refractivity contribution is -0.159. The molecule has 2 rings (SSSR count). The van der Waals surface area contributed by atoms with Gasteiger partial charge >= 0.3 is 5.97 Å². The summed E-state index contributed by atoms with van der Waals surface area (Å²) in [5, 5.41) is 1.71. The fourth-order valence-corrected chi connectivity index (χ4v) is 4.81. The highest BCUT2D eigenvalue weighted by molar-refractivity contribution is 7.91. The SMILES string of the molecule is CC(OC(=O)C1CCN(S(=O)(=O)c2cccs2)CC1)C(N)=O. The van der Waals surface area contributed by atoms with Gasteiger partial charge in [0, 0.05) is 13.1 Å². The van der Waals surface area contributed by atoms with E-state index in [2.05, 4.69) is 0 Å². The lowest BCUT2D eigenvalue weighted by atomic mass is 9.98. The van der Waals surface area contributed by atoms with E-state index in [0.29, 0.717) is 17.1 Å². The Labute approximate surface area is 133 Å². The number of ether oxygens (including phenoxy) is 1. The number of rotatable bonds is 5. The van der Waals surface area contributed by atoms with Crippen molar-refractivity contribution in [3.63, 3.8) is 0 Å². The maximum absolute atomic E-state index is 12.4. The molecule has 22 heavy (non-hydrogen) atoms. The average Bonchev–Trinajstić information content (AvgIpc) is 3.02. The van der Waals surface area contributed by atoms with Crippen molar-refractivity contribution < 1.29 is 22.7 Å². The number of carbonyl (C=O) groups is 2. The maximum Gasteiger partial charge on any atom is 0.309 e. The molecular formula is C13H18N2O5S2. The number of sulfonamides is 1. The van der Waals surface area contributed by atoms with E-state index in [0.717, 1.165) is 0 Å². The summed E-state index contributed by atoms with van der Waals surface area (Å²) in [6, 6.07) is 3.25. The van der Waals surface area contributed by atoms with Gasteiger partial charge in [-0.15, -0.1) is 11.3 Å². The molecule has 1 fully saturated rings. The molecule has 1 aliphatic heterocycles. The molecule has 0 spiro atoms. The molecule has 1 unspecified atom stereocenters. The van der Waals surface area contributed by atoms with Crippen LogP contribution in [-0.4, -0.2) is 43.8 Å². The molecule has 1 atom stereocenters. The highest BCUT2D eigenvalue weighted by Gasteiger charge is 2.34. The van der Waals surface area contributed by atoms with Crippen molar-refractivity contribution in [2.24, 2.45) is 11.7 Å². The fourth-order valence-electron chi connectivity index (χ4n) is 2.20. The minimum Gasteiger partial charge on any atom is -0.452 e. The van der Waals surface area contributed by atoms with Crippen LogP contribution in [0.15, 0.2) is 21.7 Å². The average molecular weight is 346 g/mol. The van der Waals surface area contributed by atoms with Crippen LogP contribution in [0.1, 0.15) is 19.8 Å². The van der Waals surface area contributed by atoms with Gasteiger partial charge in [-0.25, -0.2) is 8.42 Å². The molecule has 7 nitrogen and oxygen atoms in total. The fraction of sp³-hybridized carbons (Fsp3) is 0.538. The Morgan fingerprint density at radius 2 is 2.05 bits per heavy atom. The smallest absolute Gasteiger partial charge is 0.309 e. The second-order valence-electron chi connectivity index (χ2n) is 5.09. The Hall–Kier alpha value is -1.45. The van der Waals surface area contributed by atoms with Crippen LogP contribution in [0.2, 0.25) is 0 Å². The summed E-state index contributed by atoms with van der Waals surface area (Å²) in [6.07, 6.45) is -0.232. The third-order valence-corrected chi connectivity index (χ3v) is 6.84. The maximum atomic E-state index is 12.4. The number of thiophene rings is 1. The molecule has 1 amide bonds. The second kappa shape index (κ2) is 6.76. The van der Waals surface area contributed by atoms with Crippen molar-refractivity contribution >= 4 is 33.2 Å². The van der Waals surface area contributed by atoms with Crippen molar-refractivity contribution in [2.45, 2.75) is 30.1 Å². The topological polar surface area (TPSA) is 107 Å². The van der Waals surface area contributed by atoms with Gasteiger partial charge in [-0.1, -0.05) is 6.07 Å². The largest absolute Gasteiger partial charge is 0.452 e. The number of nitrogens with two attached hydrogens (primary N) is 1. The van der Waals surface area contributed by atoms with Gasteiger partial charge in [0.25, 0.3) is 15.9 Å². The molecule has 0 aliphatic carbocycles. The van der Waals surface area contributed by atoms with Crippen LogP contribution in [0.4, 0.5) is 0 Å². The first kappa shape index (κ1) is 16.9. The monoisotopic (exact) mass is 346 g/mol. The number of hydrogen-bond acceptors (Lipinski definition) is 6. The van der Waals surface area contributed by atoms with Gasteiger partial charge < -0.3 is 10.5 Å². The van der Waals surface area contributed by atoms with Crippen LogP contribution in [0.3, 0.4) is 0 Å². The number of piperidine rings is 1. The molecule has 0 aromatic carbocycles. The second-order valence-corrected chi connectivity index (χ2v) is 8.20. The van der Waals surface area contributed by atoms with E-state index in [4.69, 9.17) is 10.5 Å². The summed E-state index contributed by atoms with van der Waals surface area (Å²) in [5.41, 5.74) is 5.04. The van der Waals surface area contributed by atoms with Crippen LogP contribution >= 0.6 is 11.3 Å². The first-order chi connectivity index (χ1) is 10.3. The van der Waals surface area contributed by atoms with Crippen molar-refractivity contribution in [2.75, 3.05) is 13.1 Å². The lowest BCUT2D eigenvalue weighted by Gasteiger charge is -2.30. The highest BCUT2D eigenvalue weighted by atomic mass is 32.2. The Morgan fingerprint density at radius 3 is 2.55 bits per heavy atom. The van der Waals surface area contributed by atoms with E-state index < -0.39 is 33.9 Å². The summed E-state index contributed by atoms with van der Waals surface area (Å²) < 4.78 is 31.3. The molecular weight excluding hydrogens is 328 g/mol. The Bertz CT molecular complexity index is 633. The predicted octanol–water partition coefficient (Wildman–Crippen LogP) is 0.566. The van der Waals surface area contributed by atoms with E-state index >= 15 is 0 Å². The van der Waals surface area contributed by atoms with Gasteiger partial charge in [0.1, 0.15) is 4.21 Å². The quantitative estimate of drug-likeness (QED) is 0.784. The molecule has 1 aliphatic rings. The summed E-state index contributed by atoms with van der Waals surface area (Å²) in [5.74, 6) is -1.61. The van der Waals surface area contributed by atoms with Crippen LogP contribution in [0.5, 0.6) is 0 Å². The zero-order valence-corrected chi connectivity index (χ0v) is 13.7. The van der Waals surface area contributed by atoms with Crippen LogP contribution in [0.25, 0.3) is 0 Å². The predicted molar refractivity (Wildman–Crippen MR) is 80.6 cm³/mol. The molecule has 0 saturated carbocycles. The minimum atomic E-state index is -3.48. The number of primary amides is 1. The third kappa shape index (κ3) is 3.65. The normalized spacial score (nSPS) is 18.8. The van der Waals surface area contributed by atoms with Gasteiger partial charge in [0.05, 0.1) is 5.92 Å². The zero-order chi connectivity index (χ0) is 16.3. The molecule has 1 aromatic heterocycles. The van der Waals surface area contributed by atoms with Gasteiger partial charge in [0.15, 0.2) is 6.10 Å². The first-order valence-corrected chi connectivity index (χ1v) is 9.18. The summed E-state index contributed by atoms with van der Waals surface area (Å²) in [4.78, 5) is 22.8. The Balaban J connectivity index is 1.93. The van der Waals surface area contributed by atoms with Gasteiger partial charge in [0.2, 0.25) is 0 Å². The summed E-state index contributed by atoms with van der Waals surface area (Å²) in [7, 11) is -3.48. The van der Waals surface area contributed by atoms with E-state index in [1.54, 1.807) is 17.5 Å². The van der Waals surface area contributed by atoms with Crippen molar-refractivity contribution in [3.8, 4) is 0 Å². The van der Waals surface area contributed by atoms with E-state index in [9.17, 15) is 18.0 Å². The number of carbonyl (C=O) groups excluding carboxylic acids is 2. The summed E-state index contributed by atoms with van der Waals surface area (Å²) >= 11 is 1.17. The molecule has 2 N–H and O–H groups in total. The molecule has 2 heterocycles. The number of amides is 1. The van der Waals surface area contributed by atoms with Gasteiger partial charge in [-0.3, -0.25) is 9.59 Å². The standard InChI is InChI=1S/C13H18N2O5S2/c1-9(12(14)16)20-13(17)10-4-6-15(7-5-10)22(18,19)11-3-2-8-21-11/h2-3,8-10H,4-7H2,1H3,(H2,14,16). The Kier molecular flexibility index (Phi) is 5.20. The molecule has 0 bridgehead atoms. The number of nitrogens with zero attached hydrogens (tertiary/aromatic N) is 1. The summed E-state index contributed by atoms with van der Waals surface area (Å²) in [6.45, 7) is 1.92. The number of hydrogen-bond donors (Lipinski definition) is 1. The van der Waals surface area contributed by atoms with E-state index in [-0.39, 0.29) is 13.1 Å². The minimum absolute atomic E-state index is 0.255. The first-order valence-electron chi connectivity index (χ1n) is 6.86. The van der Waals surface area contributed by atoms with Gasteiger partial charge in [-0.05, 0) is 31.2 Å². The van der Waals surface area contributed by atoms with E-state index in [1.165, 1.54) is 22.6 Å². The number of esters is 1. The van der Waals surface area contributed by atoms with E-state index in [1.807, 2.05) is 0 Å². The molecule has 9 heteroatoms.